The smallest absolute Gasteiger partial charge is 0.263 e. The second-order valence-corrected chi connectivity index (χ2v) is 9.44. The number of piperazine rings is 1. The van der Waals surface area contributed by atoms with E-state index in [1.165, 1.54) is 23.5 Å². The Morgan fingerprint density at radius 3 is 2.41 bits per heavy atom. The average molecular weight is 477 g/mol. The molecule has 0 atom stereocenters. The SMILES string of the molecule is CC(C)(c1ccc(Cl)cc1)c1csc(NC(=O)c2c(F)cc(N3CCNCC3)cc2F)n1. The van der Waals surface area contributed by atoms with Crippen molar-refractivity contribution in [1.29, 1.82) is 0 Å². The molecule has 0 saturated carbocycles. The minimum absolute atomic E-state index is 0.275. The Morgan fingerprint density at radius 1 is 1.16 bits per heavy atom. The molecule has 0 radical (unpaired) electrons. The summed E-state index contributed by atoms with van der Waals surface area (Å²) in [7, 11) is 0. The normalized spacial score (nSPS) is 14.5. The summed E-state index contributed by atoms with van der Waals surface area (Å²) in [6, 6.07) is 9.88. The molecule has 1 saturated heterocycles. The van der Waals surface area contributed by atoms with Crippen molar-refractivity contribution in [2.75, 3.05) is 36.4 Å². The molecule has 2 N–H and O–H groups in total. The molecule has 1 amide bonds. The first-order valence-corrected chi connectivity index (χ1v) is 11.5. The Balaban J connectivity index is 1.52. The van der Waals surface area contributed by atoms with E-state index in [1.807, 2.05) is 48.4 Å². The summed E-state index contributed by atoms with van der Waals surface area (Å²) < 4.78 is 29.4. The number of amides is 1. The molecular weight excluding hydrogens is 454 g/mol. The number of carbonyl (C=O) groups excluding carboxylic acids is 1. The predicted octanol–water partition coefficient (Wildman–Crippen LogP) is 5.06. The van der Waals surface area contributed by atoms with Crippen LogP contribution >= 0.6 is 22.9 Å². The van der Waals surface area contributed by atoms with Crippen molar-refractivity contribution in [1.82, 2.24) is 10.3 Å². The van der Waals surface area contributed by atoms with Crippen molar-refractivity contribution in [3.63, 3.8) is 0 Å². The van der Waals surface area contributed by atoms with E-state index < -0.39 is 28.5 Å². The van der Waals surface area contributed by atoms with Crippen LogP contribution in [0, 0.1) is 11.6 Å². The topological polar surface area (TPSA) is 57.3 Å². The molecule has 5 nitrogen and oxygen atoms in total. The van der Waals surface area contributed by atoms with E-state index in [0.29, 0.717) is 23.8 Å². The molecule has 2 heterocycles. The van der Waals surface area contributed by atoms with Gasteiger partial charge in [0.25, 0.3) is 5.91 Å². The summed E-state index contributed by atoms with van der Waals surface area (Å²) in [5.74, 6) is -2.65. The number of hydrogen-bond donors (Lipinski definition) is 2. The van der Waals surface area contributed by atoms with Gasteiger partial charge >= 0.3 is 0 Å². The van der Waals surface area contributed by atoms with Gasteiger partial charge in [0.1, 0.15) is 17.2 Å². The highest BCUT2D eigenvalue weighted by molar-refractivity contribution is 7.14. The van der Waals surface area contributed by atoms with Gasteiger partial charge in [-0.3, -0.25) is 10.1 Å². The van der Waals surface area contributed by atoms with Crippen LogP contribution in [0.25, 0.3) is 0 Å². The molecule has 1 aliphatic rings. The summed E-state index contributed by atoms with van der Waals surface area (Å²) in [6.07, 6.45) is 0. The Hall–Kier alpha value is -2.55. The number of anilines is 2. The fourth-order valence-corrected chi connectivity index (χ4v) is 4.67. The summed E-state index contributed by atoms with van der Waals surface area (Å²) in [5.41, 5.74) is 1.11. The van der Waals surface area contributed by atoms with Crippen LogP contribution in [0.15, 0.2) is 41.8 Å². The van der Waals surface area contributed by atoms with Crippen LogP contribution in [0.5, 0.6) is 0 Å². The summed E-state index contributed by atoms with van der Waals surface area (Å²) in [5, 5.41) is 8.47. The van der Waals surface area contributed by atoms with E-state index in [-0.39, 0.29) is 5.13 Å². The standard InChI is InChI=1S/C23H23ClF2N4OS/c1-23(2,14-3-5-15(24)6-4-14)19-13-32-22(28-19)29-21(31)20-17(25)11-16(12-18(20)26)30-9-7-27-8-10-30/h3-6,11-13,27H,7-10H2,1-2H3,(H,28,29,31). The Kier molecular flexibility index (Phi) is 6.46. The lowest BCUT2D eigenvalue weighted by atomic mass is 9.82. The molecule has 9 heteroatoms. The average Bonchev–Trinajstić information content (AvgIpc) is 3.23. The maximum absolute atomic E-state index is 14.7. The van der Waals surface area contributed by atoms with Crippen LogP contribution in [0.3, 0.4) is 0 Å². The minimum atomic E-state index is -0.894. The van der Waals surface area contributed by atoms with Crippen molar-refractivity contribution in [3.8, 4) is 0 Å². The van der Waals surface area contributed by atoms with Gasteiger partial charge in [0, 0.05) is 47.7 Å². The number of hydrogen-bond acceptors (Lipinski definition) is 5. The molecular formula is C23H23ClF2N4OS. The molecule has 0 unspecified atom stereocenters. The second kappa shape index (κ2) is 9.13. The molecule has 0 spiro atoms. The van der Waals surface area contributed by atoms with Gasteiger partial charge < -0.3 is 10.2 Å². The number of halogens is 3. The zero-order chi connectivity index (χ0) is 22.9. The lowest BCUT2D eigenvalue weighted by Crippen LogP contribution is -2.43. The van der Waals surface area contributed by atoms with Crippen LogP contribution in [0.4, 0.5) is 19.6 Å². The van der Waals surface area contributed by atoms with Crippen molar-refractivity contribution in [2.45, 2.75) is 19.3 Å². The number of nitrogens with one attached hydrogen (secondary N) is 2. The van der Waals surface area contributed by atoms with E-state index in [0.717, 1.165) is 24.3 Å². The van der Waals surface area contributed by atoms with Crippen molar-refractivity contribution in [2.24, 2.45) is 0 Å². The highest BCUT2D eigenvalue weighted by Crippen LogP contribution is 2.34. The quantitative estimate of drug-likeness (QED) is 0.540. The zero-order valence-corrected chi connectivity index (χ0v) is 19.3. The maximum Gasteiger partial charge on any atom is 0.263 e. The third-order valence-electron chi connectivity index (χ3n) is 5.67. The lowest BCUT2D eigenvalue weighted by Gasteiger charge is -2.29. The summed E-state index contributed by atoms with van der Waals surface area (Å²) in [4.78, 5) is 19.0. The fraction of sp³-hybridized carbons (Fsp3) is 0.304. The predicted molar refractivity (Wildman–Crippen MR) is 125 cm³/mol. The second-order valence-electron chi connectivity index (χ2n) is 8.15. The first-order chi connectivity index (χ1) is 15.3. The van der Waals surface area contributed by atoms with Gasteiger partial charge in [0.2, 0.25) is 0 Å². The van der Waals surface area contributed by atoms with Gasteiger partial charge in [-0.1, -0.05) is 37.6 Å². The van der Waals surface area contributed by atoms with Gasteiger partial charge in [-0.2, -0.15) is 0 Å². The minimum Gasteiger partial charge on any atom is -0.369 e. The number of benzene rings is 2. The number of aromatic nitrogens is 1. The third-order valence-corrected chi connectivity index (χ3v) is 6.68. The monoisotopic (exact) mass is 476 g/mol. The highest BCUT2D eigenvalue weighted by atomic mass is 35.5. The zero-order valence-electron chi connectivity index (χ0n) is 17.7. The van der Waals surface area contributed by atoms with Gasteiger partial charge in [-0.05, 0) is 29.8 Å². The number of nitrogens with zero attached hydrogens (tertiary/aromatic N) is 2. The van der Waals surface area contributed by atoms with E-state index in [2.05, 4.69) is 15.6 Å². The Bertz CT molecular complexity index is 1100. The van der Waals surface area contributed by atoms with Gasteiger partial charge in [0.05, 0.1) is 5.69 Å². The largest absolute Gasteiger partial charge is 0.369 e. The van der Waals surface area contributed by atoms with E-state index >= 15 is 0 Å². The Morgan fingerprint density at radius 2 is 1.78 bits per heavy atom. The highest BCUT2D eigenvalue weighted by Gasteiger charge is 2.27. The molecule has 2 aromatic carbocycles. The van der Waals surface area contributed by atoms with Crippen LogP contribution < -0.4 is 15.5 Å². The van der Waals surface area contributed by atoms with Crippen molar-refractivity contribution >= 4 is 39.7 Å². The molecule has 168 valence electrons. The van der Waals surface area contributed by atoms with E-state index in [9.17, 15) is 13.6 Å². The molecule has 3 aromatic rings. The maximum atomic E-state index is 14.7. The lowest BCUT2D eigenvalue weighted by molar-refractivity contribution is 0.101. The van der Waals surface area contributed by atoms with Crippen LogP contribution in [-0.4, -0.2) is 37.1 Å². The molecule has 0 bridgehead atoms. The molecule has 32 heavy (non-hydrogen) atoms. The molecule has 1 aromatic heterocycles. The summed E-state index contributed by atoms with van der Waals surface area (Å²) in [6.45, 7) is 6.79. The van der Waals surface area contributed by atoms with E-state index in [1.54, 1.807) is 0 Å². The number of thiazole rings is 1. The molecule has 1 fully saturated rings. The van der Waals surface area contributed by atoms with Crippen LogP contribution in [-0.2, 0) is 5.41 Å². The first-order valence-electron chi connectivity index (χ1n) is 10.2. The number of carbonyl (C=O) groups is 1. The summed E-state index contributed by atoms with van der Waals surface area (Å²) >= 11 is 7.18. The van der Waals surface area contributed by atoms with Crippen LogP contribution in [0.1, 0.15) is 35.5 Å². The van der Waals surface area contributed by atoms with Crippen molar-refractivity contribution < 1.29 is 13.6 Å². The molecule has 4 rings (SSSR count). The van der Waals surface area contributed by atoms with Gasteiger partial charge in [-0.25, -0.2) is 13.8 Å². The van der Waals surface area contributed by atoms with Crippen LogP contribution in [0.2, 0.25) is 5.02 Å². The molecule has 1 aliphatic heterocycles. The fourth-order valence-electron chi connectivity index (χ4n) is 3.67. The van der Waals surface area contributed by atoms with Gasteiger partial charge in [0.15, 0.2) is 5.13 Å². The Labute approximate surface area is 194 Å². The van der Waals surface area contributed by atoms with Crippen molar-refractivity contribution in [3.05, 3.63) is 75.3 Å². The van der Waals surface area contributed by atoms with E-state index in [4.69, 9.17) is 11.6 Å². The molecule has 0 aliphatic carbocycles. The first kappa shape index (κ1) is 22.6. The third kappa shape index (κ3) is 4.62. The van der Waals surface area contributed by atoms with Gasteiger partial charge in [-0.15, -0.1) is 11.3 Å². The number of rotatable bonds is 5.